The van der Waals surface area contributed by atoms with Crippen LogP contribution in [0.1, 0.15) is 30.6 Å². The van der Waals surface area contributed by atoms with Crippen LogP contribution in [0.25, 0.3) is 0 Å². The molecule has 0 aliphatic heterocycles. The molecule has 0 spiro atoms. The Hall–Kier alpha value is -1.22. The predicted molar refractivity (Wildman–Crippen MR) is 72.3 cm³/mol. The second kappa shape index (κ2) is 5.92. The van der Waals surface area contributed by atoms with Gasteiger partial charge in [0.25, 0.3) is 5.91 Å². The third kappa shape index (κ3) is 3.37. The van der Waals surface area contributed by atoms with Gasteiger partial charge in [0.2, 0.25) is 0 Å². The van der Waals surface area contributed by atoms with Crippen LogP contribution in [0.3, 0.4) is 0 Å². The molecule has 0 radical (unpaired) electrons. The van der Waals surface area contributed by atoms with Gasteiger partial charge < -0.3 is 10.6 Å². The summed E-state index contributed by atoms with van der Waals surface area (Å²) in [5, 5.41) is 0.408. The van der Waals surface area contributed by atoms with Crippen molar-refractivity contribution in [3.8, 4) is 0 Å². The Labute approximate surface area is 108 Å². The minimum atomic E-state index is -0.117. The monoisotopic (exact) mass is 254 g/mol. The smallest absolute Gasteiger partial charge is 0.257 e. The van der Waals surface area contributed by atoms with Gasteiger partial charge in [0, 0.05) is 19.3 Å². The van der Waals surface area contributed by atoms with Crippen molar-refractivity contribution in [3.63, 3.8) is 0 Å². The van der Waals surface area contributed by atoms with Gasteiger partial charge in [0.05, 0.1) is 10.6 Å². The van der Waals surface area contributed by atoms with Gasteiger partial charge in [-0.05, 0) is 18.1 Å². The van der Waals surface area contributed by atoms with E-state index < -0.39 is 0 Å². The summed E-state index contributed by atoms with van der Waals surface area (Å²) in [6.45, 7) is 4.92. The van der Waals surface area contributed by atoms with Crippen LogP contribution in [0.5, 0.6) is 0 Å². The molecule has 1 rings (SSSR count). The summed E-state index contributed by atoms with van der Waals surface area (Å²) in [4.78, 5) is 13.9. The number of hydrogen-bond donors (Lipinski definition) is 1. The van der Waals surface area contributed by atoms with E-state index in [-0.39, 0.29) is 5.91 Å². The summed E-state index contributed by atoms with van der Waals surface area (Å²) in [7, 11) is 1.78. The number of carbonyl (C=O) groups is 1. The fraction of sp³-hybridized carbons (Fsp3) is 0.462. The number of nitrogen functional groups attached to an aromatic ring is 1. The number of halogens is 1. The van der Waals surface area contributed by atoms with Gasteiger partial charge in [-0.3, -0.25) is 4.79 Å². The lowest BCUT2D eigenvalue weighted by Crippen LogP contribution is -2.31. The van der Waals surface area contributed by atoms with E-state index in [1.165, 1.54) is 0 Å². The van der Waals surface area contributed by atoms with Crippen molar-refractivity contribution >= 4 is 23.2 Å². The summed E-state index contributed by atoms with van der Waals surface area (Å²) in [6, 6.07) is 5.11. The molecule has 0 heterocycles. The minimum absolute atomic E-state index is 0.117. The topological polar surface area (TPSA) is 46.3 Å². The normalized spacial score (nSPS) is 12.2. The van der Waals surface area contributed by atoms with E-state index in [1.54, 1.807) is 30.1 Å². The van der Waals surface area contributed by atoms with Crippen molar-refractivity contribution in [1.29, 1.82) is 0 Å². The maximum atomic E-state index is 12.2. The highest BCUT2D eigenvalue weighted by molar-refractivity contribution is 6.34. The number of amides is 1. The standard InChI is InChI=1S/C13H19ClN2O/c1-4-9(2)8-16(3)13(17)12-10(14)6-5-7-11(12)15/h5-7,9H,4,8,15H2,1-3H3. The fourth-order valence-electron chi connectivity index (χ4n) is 1.64. The summed E-state index contributed by atoms with van der Waals surface area (Å²) >= 11 is 6.01. The molecule has 1 amide bonds. The van der Waals surface area contributed by atoms with E-state index in [0.29, 0.717) is 28.7 Å². The second-order valence-electron chi connectivity index (χ2n) is 4.40. The maximum Gasteiger partial charge on any atom is 0.257 e. The zero-order valence-electron chi connectivity index (χ0n) is 10.5. The van der Waals surface area contributed by atoms with E-state index in [4.69, 9.17) is 17.3 Å². The van der Waals surface area contributed by atoms with E-state index in [0.717, 1.165) is 6.42 Å². The molecule has 94 valence electrons. The Kier molecular flexibility index (Phi) is 4.82. The van der Waals surface area contributed by atoms with Crippen LogP contribution >= 0.6 is 11.6 Å². The van der Waals surface area contributed by atoms with Gasteiger partial charge in [-0.15, -0.1) is 0 Å². The quantitative estimate of drug-likeness (QED) is 0.840. The molecule has 1 aromatic carbocycles. The molecule has 4 heteroatoms. The lowest BCUT2D eigenvalue weighted by Gasteiger charge is -2.22. The largest absolute Gasteiger partial charge is 0.398 e. The van der Waals surface area contributed by atoms with E-state index >= 15 is 0 Å². The lowest BCUT2D eigenvalue weighted by molar-refractivity contribution is 0.0776. The molecule has 0 aliphatic carbocycles. The zero-order chi connectivity index (χ0) is 13.0. The van der Waals surface area contributed by atoms with Crippen molar-refractivity contribution in [1.82, 2.24) is 4.90 Å². The summed E-state index contributed by atoms with van der Waals surface area (Å²) in [5.74, 6) is 0.348. The van der Waals surface area contributed by atoms with Crippen LogP contribution in [-0.4, -0.2) is 24.4 Å². The Morgan fingerprint density at radius 3 is 2.71 bits per heavy atom. The number of hydrogen-bond acceptors (Lipinski definition) is 2. The van der Waals surface area contributed by atoms with Crippen LogP contribution in [0.15, 0.2) is 18.2 Å². The number of rotatable bonds is 4. The van der Waals surface area contributed by atoms with Gasteiger partial charge in [-0.2, -0.15) is 0 Å². The molecule has 0 aromatic heterocycles. The SMILES string of the molecule is CCC(C)CN(C)C(=O)c1c(N)cccc1Cl. The molecule has 2 N–H and O–H groups in total. The molecule has 0 saturated heterocycles. The number of nitrogens with zero attached hydrogens (tertiary/aromatic N) is 1. The average Bonchev–Trinajstić information content (AvgIpc) is 2.28. The highest BCUT2D eigenvalue weighted by Crippen LogP contribution is 2.23. The van der Waals surface area contributed by atoms with E-state index in [9.17, 15) is 4.79 Å². The molecule has 1 atom stereocenters. The van der Waals surface area contributed by atoms with Crippen molar-refractivity contribution in [2.45, 2.75) is 20.3 Å². The molecule has 3 nitrogen and oxygen atoms in total. The van der Waals surface area contributed by atoms with Crippen LogP contribution in [0.4, 0.5) is 5.69 Å². The highest BCUT2D eigenvalue weighted by atomic mass is 35.5. The summed E-state index contributed by atoms with van der Waals surface area (Å²) in [5.41, 5.74) is 6.62. The molecular formula is C13H19ClN2O. The molecule has 1 unspecified atom stereocenters. The van der Waals surface area contributed by atoms with Gasteiger partial charge in [-0.25, -0.2) is 0 Å². The Balaban J connectivity index is 2.89. The van der Waals surface area contributed by atoms with Crippen LogP contribution in [0, 0.1) is 5.92 Å². The molecular weight excluding hydrogens is 236 g/mol. The summed E-state index contributed by atoms with van der Waals surface area (Å²) in [6.07, 6.45) is 1.04. The molecule has 1 aromatic rings. The first-order valence-corrected chi connectivity index (χ1v) is 6.14. The lowest BCUT2D eigenvalue weighted by atomic mass is 10.1. The number of anilines is 1. The highest BCUT2D eigenvalue weighted by Gasteiger charge is 2.18. The van der Waals surface area contributed by atoms with Crippen molar-refractivity contribution in [3.05, 3.63) is 28.8 Å². The summed E-state index contributed by atoms with van der Waals surface area (Å²) < 4.78 is 0. The Bertz CT molecular complexity index is 386. The molecule has 0 aliphatic rings. The second-order valence-corrected chi connectivity index (χ2v) is 4.81. The van der Waals surface area contributed by atoms with Gasteiger partial charge >= 0.3 is 0 Å². The minimum Gasteiger partial charge on any atom is -0.398 e. The Morgan fingerprint density at radius 1 is 1.53 bits per heavy atom. The first kappa shape index (κ1) is 13.8. The number of nitrogens with two attached hydrogens (primary N) is 1. The zero-order valence-corrected chi connectivity index (χ0v) is 11.3. The van der Waals surface area contributed by atoms with Gasteiger partial charge in [0.1, 0.15) is 0 Å². The third-order valence-electron chi connectivity index (χ3n) is 2.89. The van der Waals surface area contributed by atoms with Crippen LogP contribution < -0.4 is 5.73 Å². The maximum absolute atomic E-state index is 12.2. The van der Waals surface area contributed by atoms with Crippen molar-refractivity contribution in [2.75, 3.05) is 19.3 Å². The molecule has 0 fully saturated rings. The average molecular weight is 255 g/mol. The van der Waals surface area contributed by atoms with Crippen molar-refractivity contribution < 1.29 is 4.79 Å². The molecule has 17 heavy (non-hydrogen) atoms. The molecule has 0 bridgehead atoms. The predicted octanol–water partition coefficient (Wildman–Crippen LogP) is 3.04. The van der Waals surface area contributed by atoms with Crippen LogP contribution in [-0.2, 0) is 0 Å². The van der Waals surface area contributed by atoms with E-state index in [2.05, 4.69) is 13.8 Å². The van der Waals surface area contributed by atoms with Crippen LogP contribution in [0.2, 0.25) is 5.02 Å². The molecule has 0 saturated carbocycles. The number of benzene rings is 1. The Morgan fingerprint density at radius 2 is 2.18 bits per heavy atom. The van der Waals surface area contributed by atoms with Crippen molar-refractivity contribution in [2.24, 2.45) is 5.92 Å². The third-order valence-corrected chi connectivity index (χ3v) is 3.20. The van der Waals surface area contributed by atoms with Gasteiger partial charge in [-0.1, -0.05) is 37.9 Å². The van der Waals surface area contributed by atoms with Gasteiger partial charge in [0.15, 0.2) is 0 Å². The number of carbonyl (C=O) groups excluding carboxylic acids is 1. The van der Waals surface area contributed by atoms with E-state index in [1.807, 2.05) is 0 Å². The first-order valence-electron chi connectivity index (χ1n) is 5.76. The fourth-order valence-corrected chi connectivity index (χ4v) is 1.90. The first-order chi connectivity index (χ1) is 7.97.